The summed E-state index contributed by atoms with van der Waals surface area (Å²) in [6.07, 6.45) is 6.98. The molecular formula is C16H25NO2. The molecule has 0 aromatic rings. The molecule has 5 unspecified atom stereocenters. The van der Waals surface area contributed by atoms with Crippen LogP contribution in [0, 0.1) is 28.6 Å². The Morgan fingerprint density at radius 1 is 1.26 bits per heavy atom. The van der Waals surface area contributed by atoms with E-state index in [1.165, 1.54) is 6.42 Å². The molecule has 2 aliphatic heterocycles. The second kappa shape index (κ2) is 4.46. The molecular weight excluding hydrogens is 238 g/mol. The van der Waals surface area contributed by atoms with Gasteiger partial charge in [0.15, 0.2) is 0 Å². The Kier molecular flexibility index (Phi) is 3.15. The van der Waals surface area contributed by atoms with Crippen molar-refractivity contribution < 1.29 is 9.84 Å². The summed E-state index contributed by atoms with van der Waals surface area (Å²) in [6, 6.07) is 2.53. The van der Waals surface area contributed by atoms with E-state index in [2.05, 4.69) is 19.9 Å². The SMILES string of the molecule is CC(C)C1CCCCC1(O)C1(C#N)CC2CCC1O2. The predicted molar refractivity (Wildman–Crippen MR) is 72.3 cm³/mol. The lowest BCUT2D eigenvalue weighted by Gasteiger charge is -2.52. The van der Waals surface area contributed by atoms with Gasteiger partial charge in [-0.25, -0.2) is 0 Å². The minimum atomic E-state index is -0.839. The van der Waals surface area contributed by atoms with Crippen LogP contribution in [0.1, 0.15) is 58.8 Å². The summed E-state index contributed by atoms with van der Waals surface area (Å²) in [7, 11) is 0. The van der Waals surface area contributed by atoms with Crippen molar-refractivity contribution in [1.82, 2.24) is 0 Å². The van der Waals surface area contributed by atoms with Gasteiger partial charge in [-0.2, -0.15) is 5.26 Å². The van der Waals surface area contributed by atoms with Gasteiger partial charge in [-0.1, -0.05) is 26.7 Å². The van der Waals surface area contributed by atoms with Gasteiger partial charge in [0.2, 0.25) is 0 Å². The first-order valence-electron chi connectivity index (χ1n) is 7.82. The molecule has 0 spiro atoms. The number of fused-ring (bicyclic) bond motifs is 2. The molecule has 106 valence electrons. The maximum atomic E-state index is 11.5. The summed E-state index contributed by atoms with van der Waals surface area (Å²) in [6.45, 7) is 4.36. The molecule has 1 saturated carbocycles. The van der Waals surface area contributed by atoms with Crippen LogP contribution in [0.15, 0.2) is 0 Å². The fourth-order valence-electron chi connectivity index (χ4n) is 5.00. The van der Waals surface area contributed by atoms with Crippen LogP contribution in [0.25, 0.3) is 0 Å². The molecule has 0 aromatic heterocycles. The van der Waals surface area contributed by atoms with E-state index in [1.807, 2.05) is 0 Å². The highest BCUT2D eigenvalue weighted by Gasteiger charge is 2.66. The lowest BCUT2D eigenvalue weighted by atomic mass is 9.54. The molecule has 1 N–H and O–H groups in total. The largest absolute Gasteiger partial charge is 0.388 e. The first-order valence-corrected chi connectivity index (χ1v) is 7.82. The van der Waals surface area contributed by atoms with Gasteiger partial charge < -0.3 is 9.84 Å². The van der Waals surface area contributed by atoms with Crippen LogP contribution in [-0.4, -0.2) is 22.9 Å². The van der Waals surface area contributed by atoms with E-state index in [9.17, 15) is 10.4 Å². The van der Waals surface area contributed by atoms with Crippen molar-refractivity contribution in [2.75, 3.05) is 0 Å². The summed E-state index contributed by atoms with van der Waals surface area (Å²) in [5.41, 5.74) is -1.49. The van der Waals surface area contributed by atoms with Crippen LogP contribution in [0.2, 0.25) is 0 Å². The minimum absolute atomic E-state index is 0.0353. The normalized spacial score (nSPS) is 49.5. The van der Waals surface area contributed by atoms with Gasteiger partial charge >= 0.3 is 0 Å². The number of rotatable bonds is 2. The van der Waals surface area contributed by atoms with Crippen LogP contribution < -0.4 is 0 Å². The highest BCUT2D eigenvalue weighted by Crippen LogP contribution is 2.59. The Hall–Kier alpha value is -0.590. The van der Waals surface area contributed by atoms with E-state index in [4.69, 9.17) is 4.74 Å². The fraction of sp³-hybridized carbons (Fsp3) is 0.938. The van der Waals surface area contributed by atoms with Crippen LogP contribution in [0.5, 0.6) is 0 Å². The van der Waals surface area contributed by atoms with E-state index in [1.54, 1.807) is 0 Å². The van der Waals surface area contributed by atoms with E-state index in [0.29, 0.717) is 5.92 Å². The Bertz CT molecular complexity index is 402. The zero-order valence-corrected chi connectivity index (χ0v) is 12.1. The molecule has 0 amide bonds. The third kappa shape index (κ3) is 1.69. The zero-order valence-electron chi connectivity index (χ0n) is 12.1. The van der Waals surface area contributed by atoms with Crippen molar-refractivity contribution in [2.45, 2.75) is 76.6 Å². The summed E-state index contributed by atoms with van der Waals surface area (Å²) in [4.78, 5) is 0. The summed E-state index contributed by atoms with van der Waals surface area (Å²) < 4.78 is 5.94. The lowest BCUT2D eigenvalue weighted by Crippen LogP contribution is -2.59. The van der Waals surface area contributed by atoms with Crippen molar-refractivity contribution >= 4 is 0 Å². The smallest absolute Gasteiger partial charge is 0.115 e. The molecule has 5 atom stereocenters. The fourth-order valence-corrected chi connectivity index (χ4v) is 5.00. The van der Waals surface area contributed by atoms with Gasteiger partial charge in [-0.3, -0.25) is 0 Å². The van der Waals surface area contributed by atoms with Crippen molar-refractivity contribution in [3.05, 3.63) is 0 Å². The lowest BCUT2D eigenvalue weighted by molar-refractivity contribution is -0.155. The molecule has 2 saturated heterocycles. The molecule has 3 fully saturated rings. The first-order chi connectivity index (χ1) is 9.03. The standard InChI is InChI=1S/C16H25NO2/c1-11(2)13-5-3-4-8-16(13,18)15(10-17)9-12-6-7-14(15)19-12/h11-14,18H,3-9H2,1-2H3. The second-order valence-corrected chi connectivity index (χ2v) is 7.13. The Morgan fingerprint density at radius 3 is 2.58 bits per heavy atom. The first kappa shape index (κ1) is 13.4. The van der Waals surface area contributed by atoms with Crippen molar-refractivity contribution in [2.24, 2.45) is 17.3 Å². The summed E-state index contributed by atoms with van der Waals surface area (Å²) in [5.74, 6) is 0.665. The van der Waals surface area contributed by atoms with Gasteiger partial charge in [-0.05, 0) is 43.9 Å². The molecule has 3 rings (SSSR count). The monoisotopic (exact) mass is 263 g/mol. The average molecular weight is 263 g/mol. The summed E-state index contributed by atoms with van der Waals surface area (Å²) in [5, 5.41) is 21.3. The topological polar surface area (TPSA) is 53.2 Å². The van der Waals surface area contributed by atoms with Gasteiger partial charge in [0.05, 0.1) is 23.9 Å². The second-order valence-electron chi connectivity index (χ2n) is 7.13. The highest BCUT2D eigenvalue weighted by atomic mass is 16.5. The molecule has 2 heterocycles. The molecule has 19 heavy (non-hydrogen) atoms. The van der Waals surface area contributed by atoms with Crippen molar-refractivity contribution in [1.29, 1.82) is 5.26 Å². The zero-order chi connectivity index (χ0) is 13.7. The summed E-state index contributed by atoms with van der Waals surface area (Å²) >= 11 is 0. The minimum Gasteiger partial charge on any atom is -0.388 e. The van der Waals surface area contributed by atoms with E-state index in [-0.39, 0.29) is 18.1 Å². The number of hydrogen-bond donors (Lipinski definition) is 1. The maximum Gasteiger partial charge on any atom is 0.115 e. The van der Waals surface area contributed by atoms with E-state index >= 15 is 0 Å². The van der Waals surface area contributed by atoms with E-state index in [0.717, 1.165) is 38.5 Å². The van der Waals surface area contributed by atoms with Crippen LogP contribution >= 0.6 is 0 Å². The van der Waals surface area contributed by atoms with Crippen LogP contribution in [-0.2, 0) is 4.74 Å². The number of ether oxygens (including phenoxy) is 1. The van der Waals surface area contributed by atoms with Crippen molar-refractivity contribution in [3.63, 3.8) is 0 Å². The molecule has 3 aliphatic rings. The maximum absolute atomic E-state index is 11.5. The Morgan fingerprint density at radius 2 is 2.05 bits per heavy atom. The molecule has 3 heteroatoms. The van der Waals surface area contributed by atoms with Crippen LogP contribution in [0.4, 0.5) is 0 Å². The number of aliphatic hydroxyl groups is 1. The Balaban J connectivity index is 1.99. The van der Waals surface area contributed by atoms with Crippen LogP contribution in [0.3, 0.4) is 0 Å². The quantitative estimate of drug-likeness (QED) is 0.833. The molecule has 0 aromatic carbocycles. The van der Waals surface area contributed by atoms with Gasteiger partial charge in [0.25, 0.3) is 0 Å². The molecule has 3 nitrogen and oxygen atoms in total. The molecule has 2 bridgehead atoms. The Labute approximate surface area is 115 Å². The van der Waals surface area contributed by atoms with Gasteiger partial charge in [0.1, 0.15) is 5.41 Å². The van der Waals surface area contributed by atoms with Gasteiger partial charge in [-0.15, -0.1) is 0 Å². The van der Waals surface area contributed by atoms with Gasteiger partial charge in [0, 0.05) is 0 Å². The number of nitriles is 1. The molecule has 0 radical (unpaired) electrons. The highest BCUT2D eigenvalue weighted by molar-refractivity contribution is 5.23. The molecule has 1 aliphatic carbocycles. The number of nitrogens with zero attached hydrogens (tertiary/aromatic N) is 1. The third-order valence-corrected chi connectivity index (χ3v) is 5.92. The predicted octanol–water partition coefficient (Wildman–Crippen LogP) is 3.02. The van der Waals surface area contributed by atoms with E-state index < -0.39 is 11.0 Å². The van der Waals surface area contributed by atoms with Crippen molar-refractivity contribution in [3.8, 4) is 6.07 Å². The number of hydrogen-bond acceptors (Lipinski definition) is 3. The third-order valence-electron chi connectivity index (χ3n) is 5.92. The average Bonchev–Trinajstić information content (AvgIpc) is 2.99.